The maximum atomic E-state index is 9.48. The van der Waals surface area contributed by atoms with E-state index in [1.807, 2.05) is 6.07 Å². The standard InChI is InChI=1S/C13H13Cl2N3O2/c14-9-2-1-7(3-10(9)15)4-12-17-13(20-18-12)11-5-8(19)6-16-11/h1-3,8,11,16,19H,4-6H2/t8-,11+/m1/s1. The van der Waals surface area contributed by atoms with Gasteiger partial charge in [-0.1, -0.05) is 34.4 Å². The monoisotopic (exact) mass is 313 g/mol. The fourth-order valence-electron chi connectivity index (χ4n) is 2.22. The highest BCUT2D eigenvalue weighted by atomic mass is 35.5. The molecule has 2 heterocycles. The molecule has 0 bridgehead atoms. The first-order valence-corrected chi connectivity index (χ1v) is 7.05. The fourth-order valence-corrected chi connectivity index (χ4v) is 2.54. The highest BCUT2D eigenvalue weighted by molar-refractivity contribution is 6.42. The summed E-state index contributed by atoms with van der Waals surface area (Å²) in [7, 11) is 0. The largest absolute Gasteiger partial charge is 0.392 e. The average molecular weight is 314 g/mol. The molecule has 0 unspecified atom stereocenters. The van der Waals surface area contributed by atoms with Gasteiger partial charge in [-0.25, -0.2) is 0 Å². The minimum Gasteiger partial charge on any atom is -0.392 e. The molecular weight excluding hydrogens is 301 g/mol. The summed E-state index contributed by atoms with van der Waals surface area (Å²) in [5, 5.41) is 17.6. The molecule has 2 atom stereocenters. The minimum atomic E-state index is -0.356. The Kier molecular flexibility index (Phi) is 3.94. The van der Waals surface area contributed by atoms with E-state index < -0.39 is 0 Å². The van der Waals surface area contributed by atoms with Crippen molar-refractivity contribution in [3.63, 3.8) is 0 Å². The van der Waals surface area contributed by atoms with E-state index in [4.69, 9.17) is 27.7 Å². The Labute approximate surface area is 125 Å². The lowest BCUT2D eigenvalue weighted by atomic mass is 10.1. The van der Waals surface area contributed by atoms with E-state index in [-0.39, 0.29) is 12.1 Å². The zero-order valence-electron chi connectivity index (χ0n) is 10.5. The van der Waals surface area contributed by atoms with Gasteiger partial charge < -0.3 is 14.9 Å². The third-order valence-electron chi connectivity index (χ3n) is 3.24. The second-order valence-corrected chi connectivity index (χ2v) is 5.64. The van der Waals surface area contributed by atoms with Crippen LogP contribution in [0.4, 0.5) is 0 Å². The van der Waals surface area contributed by atoms with Gasteiger partial charge in [0.05, 0.1) is 22.2 Å². The predicted octanol–water partition coefficient (Wildman–Crippen LogP) is 2.36. The minimum absolute atomic E-state index is 0.0694. The van der Waals surface area contributed by atoms with Gasteiger partial charge in [-0.3, -0.25) is 0 Å². The van der Waals surface area contributed by atoms with Crippen LogP contribution < -0.4 is 5.32 Å². The molecular formula is C13H13Cl2N3O2. The van der Waals surface area contributed by atoms with Gasteiger partial charge in [-0.05, 0) is 24.1 Å². The first-order valence-electron chi connectivity index (χ1n) is 6.29. The van der Waals surface area contributed by atoms with Gasteiger partial charge >= 0.3 is 0 Å². The van der Waals surface area contributed by atoms with Crippen molar-refractivity contribution in [1.82, 2.24) is 15.5 Å². The quantitative estimate of drug-likeness (QED) is 0.910. The van der Waals surface area contributed by atoms with Crippen LogP contribution in [0.25, 0.3) is 0 Å². The van der Waals surface area contributed by atoms with Crippen LogP contribution in [-0.2, 0) is 6.42 Å². The number of benzene rings is 1. The molecule has 0 spiro atoms. The molecule has 0 saturated carbocycles. The van der Waals surface area contributed by atoms with E-state index in [0.717, 1.165) is 5.56 Å². The van der Waals surface area contributed by atoms with E-state index in [9.17, 15) is 5.11 Å². The first kappa shape index (κ1) is 13.8. The molecule has 1 aliphatic heterocycles. The maximum absolute atomic E-state index is 9.48. The Balaban J connectivity index is 1.72. The van der Waals surface area contributed by atoms with Crippen LogP contribution in [0, 0.1) is 0 Å². The summed E-state index contributed by atoms with van der Waals surface area (Å²) in [5.41, 5.74) is 0.964. The Morgan fingerprint density at radius 3 is 2.90 bits per heavy atom. The van der Waals surface area contributed by atoms with Gasteiger partial charge in [0.2, 0.25) is 5.89 Å². The summed E-state index contributed by atoms with van der Waals surface area (Å²) in [6.07, 6.45) is 0.759. The van der Waals surface area contributed by atoms with Gasteiger partial charge in [0.15, 0.2) is 5.82 Å². The van der Waals surface area contributed by atoms with Crippen molar-refractivity contribution in [1.29, 1.82) is 0 Å². The summed E-state index contributed by atoms with van der Waals surface area (Å²) in [6, 6.07) is 5.34. The van der Waals surface area contributed by atoms with Gasteiger partial charge in [-0.15, -0.1) is 0 Å². The van der Waals surface area contributed by atoms with Crippen molar-refractivity contribution in [2.24, 2.45) is 0 Å². The van der Waals surface area contributed by atoms with Crippen LogP contribution in [-0.4, -0.2) is 27.9 Å². The second-order valence-electron chi connectivity index (χ2n) is 4.82. The smallest absolute Gasteiger partial charge is 0.243 e. The third-order valence-corrected chi connectivity index (χ3v) is 3.97. The van der Waals surface area contributed by atoms with Crippen molar-refractivity contribution in [2.45, 2.75) is 25.0 Å². The van der Waals surface area contributed by atoms with E-state index in [1.54, 1.807) is 12.1 Å². The first-order chi connectivity index (χ1) is 9.61. The summed E-state index contributed by atoms with van der Waals surface area (Å²) in [5.74, 6) is 1.10. The van der Waals surface area contributed by atoms with Crippen LogP contribution in [0.5, 0.6) is 0 Å². The molecule has 1 aromatic heterocycles. The molecule has 3 rings (SSSR count). The number of nitrogens with one attached hydrogen (secondary N) is 1. The van der Waals surface area contributed by atoms with Gasteiger partial charge in [-0.2, -0.15) is 4.98 Å². The molecule has 2 N–H and O–H groups in total. The van der Waals surface area contributed by atoms with Gasteiger partial charge in [0, 0.05) is 13.0 Å². The van der Waals surface area contributed by atoms with Gasteiger partial charge in [0.1, 0.15) is 0 Å². The van der Waals surface area contributed by atoms with E-state index in [2.05, 4.69) is 15.5 Å². The summed E-state index contributed by atoms with van der Waals surface area (Å²) in [4.78, 5) is 4.35. The second kappa shape index (κ2) is 5.69. The molecule has 20 heavy (non-hydrogen) atoms. The van der Waals surface area contributed by atoms with Crippen molar-refractivity contribution in [3.8, 4) is 0 Å². The van der Waals surface area contributed by atoms with Crippen molar-refractivity contribution in [2.75, 3.05) is 6.54 Å². The lowest BCUT2D eigenvalue weighted by Crippen LogP contribution is -2.15. The van der Waals surface area contributed by atoms with Gasteiger partial charge in [0.25, 0.3) is 0 Å². The number of halogens is 2. The maximum Gasteiger partial charge on any atom is 0.243 e. The Bertz CT molecular complexity index is 617. The Morgan fingerprint density at radius 2 is 2.20 bits per heavy atom. The number of β-amino-alcohol motifs (C(OH)–C–C–N with tert-alkyl or cyclic N) is 1. The Hall–Kier alpha value is -1.14. The van der Waals surface area contributed by atoms with E-state index in [0.29, 0.717) is 41.1 Å². The summed E-state index contributed by atoms with van der Waals surface area (Å²) in [6.45, 7) is 0.551. The topological polar surface area (TPSA) is 71.2 Å². The fraction of sp³-hybridized carbons (Fsp3) is 0.385. The molecule has 106 valence electrons. The number of aliphatic hydroxyl groups excluding tert-OH is 1. The summed E-state index contributed by atoms with van der Waals surface area (Å²) < 4.78 is 5.23. The van der Waals surface area contributed by atoms with Crippen LogP contribution >= 0.6 is 23.2 Å². The number of rotatable bonds is 3. The van der Waals surface area contributed by atoms with Crippen molar-refractivity contribution in [3.05, 3.63) is 45.5 Å². The molecule has 0 radical (unpaired) electrons. The number of aromatic nitrogens is 2. The molecule has 0 aliphatic carbocycles. The van der Waals surface area contributed by atoms with Crippen LogP contribution in [0.2, 0.25) is 10.0 Å². The molecule has 1 saturated heterocycles. The zero-order valence-corrected chi connectivity index (χ0v) is 12.0. The SMILES string of the molecule is O[C@H]1CN[C@H](c2nc(Cc3ccc(Cl)c(Cl)c3)no2)C1. The molecule has 1 aromatic carbocycles. The number of hydrogen-bond donors (Lipinski definition) is 2. The van der Waals surface area contributed by atoms with E-state index >= 15 is 0 Å². The number of aliphatic hydroxyl groups is 1. The molecule has 5 nitrogen and oxygen atoms in total. The van der Waals surface area contributed by atoms with Crippen molar-refractivity contribution >= 4 is 23.2 Å². The lowest BCUT2D eigenvalue weighted by Gasteiger charge is -2.02. The van der Waals surface area contributed by atoms with E-state index in [1.165, 1.54) is 0 Å². The molecule has 2 aromatic rings. The van der Waals surface area contributed by atoms with Crippen molar-refractivity contribution < 1.29 is 9.63 Å². The van der Waals surface area contributed by atoms with Crippen LogP contribution in [0.1, 0.15) is 29.7 Å². The van der Waals surface area contributed by atoms with Crippen LogP contribution in [0.3, 0.4) is 0 Å². The lowest BCUT2D eigenvalue weighted by molar-refractivity contribution is 0.191. The Morgan fingerprint density at radius 1 is 1.35 bits per heavy atom. The highest BCUT2D eigenvalue weighted by Crippen LogP contribution is 2.25. The summed E-state index contributed by atoms with van der Waals surface area (Å²) >= 11 is 11.8. The highest BCUT2D eigenvalue weighted by Gasteiger charge is 2.28. The average Bonchev–Trinajstić information content (AvgIpc) is 3.03. The molecule has 0 amide bonds. The van der Waals surface area contributed by atoms with Crippen LogP contribution in [0.15, 0.2) is 22.7 Å². The number of nitrogens with zero attached hydrogens (tertiary/aromatic N) is 2. The normalized spacial score (nSPS) is 22.4. The molecule has 1 fully saturated rings. The third kappa shape index (κ3) is 2.96. The number of hydrogen-bond acceptors (Lipinski definition) is 5. The predicted molar refractivity (Wildman–Crippen MR) is 74.9 cm³/mol. The zero-order chi connectivity index (χ0) is 14.1. The molecule has 7 heteroatoms. The molecule has 1 aliphatic rings.